The Morgan fingerprint density at radius 1 is 0.957 bits per heavy atom. The van der Waals surface area contributed by atoms with Crippen LogP contribution in [-0.2, 0) is 0 Å². The highest BCUT2D eigenvalue weighted by Gasteiger charge is 2.51. The van der Waals surface area contributed by atoms with Crippen molar-refractivity contribution >= 4 is 6.08 Å². The second kappa shape index (κ2) is 6.78. The van der Waals surface area contributed by atoms with Gasteiger partial charge in [-0.05, 0) is 24.0 Å². The molecule has 0 saturated heterocycles. The van der Waals surface area contributed by atoms with Crippen LogP contribution in [0, 0.1) is 10.1 Å². The van der Waals surface area contributed by atoms with Crippen molar-refractivity contribution in [3.05, 3.63) is 88.0 Å². The zero-order valence-corrected chi connectivity index (χ0v) is 13.1. The Balaban J connectivity index is 2.00. The number of hydrogen-bond donors (Lipinski definition) is 0. The molecule has 118 valence electrons. The molecule has 0 bridgehead atoms. The minimum Gasteiger partial charge on any atom is -0.264 e. The lowest BCUT2D eigenvalue weighted by Crippen LogP contribution is -2.41. The van der Waals surface area contributed by atoms with Crippen molar-refractivity contribution in [3.8, 4) is 0 Å². The van der Waals surface area contributed by atoms with Gasteiger partial charge in [0.1, 0.15) is 0 Å². The summed E-state index contributed by atoms with van der Waals surface area (Å²) in [5.74, 6) is -0.193. The normalized spacial score (nSPS) is 18.1. The molecule has 1 atom stereocenters. The van der Waals surface area contributed by atoms with Crippen molar-refractivity contribution in [2.24, 2.45) is 0 Å². The smallest absolute Gasteiger partial charge is 0.232 e. The maximum Gasteiger partial charge on any atom is 0.232 e. The molecule has 0 aromatic heterocycles. The van der Waals surface area contributed by atoms with Gasteiger partial charge in [0.25, 0.3) is 0 Å². The zero-order valence-electron chi connectivity index (χ0n) is 13.1. The van der Waals surface area contributed by atoms with Crippen LogP contribution in [0.25, 0.3) is 6.08 Å². The largest absolute Gasteiger partial charge is 0.264 e. The van der Waals surface area contributed by atoms with Crippen molar-refractivity contribution in [3.63, 3.8) is 0 Å². The SMILES string of the molecule is O=[N+]([O-])C1(C(/C=C/c2ccccc2)c2ccccc2)CCCC1. The van der Waals surface area contributed by atoms with Crippen LogP contribution in [0.4, 0.5) is 0 Å². The van der Waals surface area contributed by atoms with Gasteiger partial charge in [0.15, 0.2) is 0 Å². The standard InChI is InChI=1S/C20H21NO2/c22-21(23)20(15-7-8-16-20)19(18-11-5-2-6-12-18)14-13-17-9-3-1-4-10-17/h1-6,9-14,19H,7-8,15-16H2/b14-13+. The zero-order chi connectivity index (χ0) is 16.1. The highest BCUT2D eigenvalue weighted by molar-refractivity contribution is 5.51. The Labute approximate surface area is 136 Å². The molecule has 0 spiro atoms. The first-order valence-electron chi connectivity index (χ1n) is 8.15. The van der Waals surface area contributed by atoms with Crippen LogP contribution in [0.2, 0.25) is 0 Å². The predicted octanol–water partition coefficient (Wildman–Crippen LogP) is 5.07. The van der Waals surface area contributed by atoms with Crippen molar-refractivity contribution in [2.75, 3.05) is 0 Å². The van der Waals surface area contributed by atoms with E-state index in [0.29, 0.717) is 12.8 Å². The van der Waals surface area contributed by atoms with Crippen LogP contribution in [0.3, 0.4) is 0 Å². The van der Waals surface area contributed by atoms with Gasteiger partial charge in [0, 0.05) is 17.8 Å². The van der Waals surface area contributed by atoms with E-state index in [1.807, 2.05) is 72.8 Å². The van der Waals surface area contributed by atoms with Crippen LogP contribution >= 0.6 is 0 Å². The fourth-order valence-electron chi connectivity index (χ4n) is 3.63. The molecule has 1 saturated carbocycles. The van der Waals surface area contributed by atoms with E-state index in [2.05, 4.69) is 0 Å². The summed E-state index contributed by atoms with van der Waals surface area (Å²) in [6.07, 6.45) is 7.21. The quantitative estimate of drug-likeness (QED) is 0.571. The first-order valence-corrected chi connectivity index (χ1v) is 8.15. The van der Waals surface area contributed by atoms with E-state index < -0.39 is 5.54 Å². The summed E-state index contributed by atoms with van der Waals surface area (Å²) in [4.78, 5) is 11.9. The molecule has 23 heavy (non-hydrogen) atoms. The predicted molar refractivity (Wildman–Crippen MR) is 92.9 cm³/mol. The van der Waals surface area contributed by atoms with Crippen LogP contribution in [-0.4, -0.2) is 10.5 Å². The molecule has 2 aromatic rings. The van der Waals surface area contributed by atoms with Crippen LogP contribution < -0.4 is 0 Å². The van der Waals surface area contributed by atoms with E-state index in [0.717, 1.165) is 24.0 Å². The fraction of sp³-hybridized carbons (Fsp3) is 0.300. The maximum atomic E-state index is 11.9. The lowest BCUT2D eigenvalue weighted by atomic mass is 9.78. The number of nitrogens with zero attached hydrogens (tertiary/aromatic N) is 1. The molecule has 0 N–H and O–H groups in total. The topological polar surface area (TPSA) is 43.1 Å². The Kier molecular flexibility index (Phi) is 4.56. The van der Waals surface area contributed by atoms with Gasteiger partial charge >= 0.3 is 0 Å². The molecule has 2 aromatic carbocycles. The van der Waals surface area contributed by atoms with Gasteiger partial charge in [-0.3, -0.25) is 10.1 Å². The molecule has 1 unspecified atom stereocenters. The summed E-state index contributed by atoms with van der Waals surface area (Å²) in [6, 6.07) is 19.9. The van der Waals surface area contributed by atoms with Gasteiger partial charge in [-0.15, -0.1) is 0 Å². The summed E-state index contributed by atoms with van der Waals surface area (Å²) >= 11 is 0. The first kappa shape index (κ1) is 15.5. The Bertz CT molecular complexity index is 673. The van der Waals surface area contributed by atoms with Gasteiger partial charge in [-0.2, -0.15) is 0 Å². The second-order valence-electron chi connectivity index (χ2n) is 6.23. The van der Waals surface area contributed by atoms with Crippen LogP contribution in [0.1, 0.15) is 42.7 Å². The highest BCUT2D eigenvalue weighted by atomic mass is 16.6. The average Bonchev–Trinajstić information content (AvgIpc) is 3.08. The number of benzene rings is 2. The molecular weight excluding hydrogens is 286 g/mol. The fourth-order valence-corrected chi connectivity index (χ4v) is 3.63. The molecular formula is C20H21NO2. The van der Waals surface area contributed by atoms with E-state index in [9.17, 15) is 10.1 Å². The summed E-state index contributed by atoms with van der Waals surface area (Å²) in [5.41, 5.74) is 1.23. The molecule has 1 fully saturated rings. The minimum absolute atomic E-state index is 0.0347. The maximum absolute atomic E-state index is 11.9. The summed E-state index contributed by atoms with van der Waals surface area (Å²) in [6.45, 7) is 0. The third kappa shape index (κ3) is 3.19. The number of nitro groups is 1. The Morgan fingerprint density at radius 2 is 1.52 bits per heavy atom. The van der Waals surface area contributed by atoms with Crippen molar-refractivity contribution in [1.29, 1.82) is 0 Å². The molecule has 0 radical (unpaired) electrons. The summed E-state index contributed by atoms with van der Waals surface area (Å²) in [5, 5.41) is 11.9. The van der Waals surface area contributed by atoms with Crippen molar-refractivity contribution < 1.29 is 4.92 Å². The van der Waals surface area contributed by atoms with Crippen LogP contribution in [0.15, 0.2) is 66.7 Å². The molecule has 0 aliphatic heterocycles. The Hall–Kier alpha value is -2.42. The minimum atomic E-state index is -0.868. The van der Waals surface area contributed by atoms with Gasteiger partial charge in [-0.1, -0.05) is 72.8 Å². The number of hydrogen-bond acceptors (Lipinski definition) is 2. The number of rotatable bonds is 5. The molecule has 0 amide bonds. The van der Waals surface area contributed by atoms with E-state index >= 15 is 0 Å². The van der Waals surface area contributed by atoms with Crippen molar-refractivity contribution in [2.45, 2.75) is 37.1 Å². The average molecular weight is 307 g/mol. The lowest BCUT2D eigenvalue weighted by Gasteiger charge is -2.28. The molecule has 1 aliphatic carbocycles. The van der Waals surface area contributed by atoms with Crippen molar-refractivity contribution in [1.82, 2.24) is 0 Å². The van der Waals surface area contributed by atoms with Gasteiger partial charge < -0.3 is 0 Å². The van der Waals surface area contributed by atoms with E-state index in [4.69, 9.17) is 0 Å². The molecule has 3 nitrogen and oxygen atoms in total. The van der Waals surface area contributed by atoms with Gasteiger partial charge in [0.2, 0.25) is 5.54 Å². The van der Waals surface area contributed by atoms with E-state index in [1.54, 1.807) is 0 Å². The Morgan fingerprint density at radius 3 is 2.09 bits per heavy atom. The lowest BCUT2D eigenvalue weighted by molar-refractivity contribution is -0.571. The summed E-state index contributed by atoms with van der Waals surface area (Å²) in [7, 11) is 0. The second-order valence-corrected chi connectivity index (χ2v) is 6.23. The third-order valence-electron chi connectivity index (χ3n) is 4.85. The van der Waals surface area contributed by atoms with E-state index in [-0.39, 0.29) is 10.8 Å². The van der Waals surface area contributed by atoms with Crippen LogP contribution in [0.5, 0.6) is 0 Å². The highest BCUT2D eigenvalue weighted by Crippen LogP contribution is 2.44. The molecule has 3 heteroatoms. The first-order chi connectivity index (χ1) is 11.2. The summed E-state index contributed by atoms with van der Waals surface area (Å²) < 4.78 is 0. The monoisotopic (exact) mass is 307 g/mol. The molecule has 0 heterocycles. The van der Waals surface area contributed by atoms with E-state index in [1.165, 1.54) is 0 Å². The van der Waals surface area contributed by atoms with Gasteiger partial charge in [-0.25, -0.2) is 0 Å². The molecule has 3 rings (SSSR count). The third-order valence-corrected chi connectivity index (χ3v) is 4.85. The van der Waals surface area contributed by atoms with Gasteiger partial charge in [0.05, 0.1) is 5.92 Å². The molecule has 1 aliphatic rings.